The first kappa shape index (κ1) is 33.4. The van der Waals surface area contributed by atoms with Gasteiger partial charge >= 0.3 is 6.09 Å². The molecule has 2 atom stereocenters. The van der Waals surface area contributed by atoms with E-state index in [1.54, 1.807) is 31.7 Å². The zero-order valence-corrected chi connectivity index (χ0v) is 25.8. The quantitative estimate of drug-likeness (QED) is 0.238. The van der Waals surface area contributed by atoms with Gasteiger partial charge in [-0.15, -0.1) is 0 Å². The number of ether oxygens (including phenoxy) is 1. The third kappa shape index (κ3) is 11.3. The minimum atomic E-state index is -0.814. The molecule has 1 fully saturated rings. The molecule has 7 nitrogen and oxygen atoms in total. The van der Waals surface area contributed by atoms with Gasteiger partial charge in [0.2, 0.25) is 11.8 Å². The van der Waals surface area contributed by atoms with Crippen molar-refractivity contribution < 1.29 is 19.1 Å². The van der Waals surface area contributed by atoms with Crippen molar-refractivity contribution in [3.63, 3.8) is 0 Å². The molecule has 2 rings (SSSR count). The summed E-state index contributed by atoms with van der Waals surface area (Å²) < 4.78 is 5.50. The number of rotatable bonds is 14. The fourth-order valence-corrected chi connectivity index (χ4v) is 5.27. The van der Waals surface area contributed by atoms with Crippen LogP contribution in [0, 0.1) is 5.92 Å². The molecular weight excluding hydrogens is 502 g/mol. The smallest absolute Gasteiger partial charge is 0.408 e. The van der Waals surface area contributed by atoms with Gasteiger partial charge in [-0.25, -0.2) is 4.79 Å². The summed E-state index contributed by atoms with van der Waals surface area (Å²) >= 11 is 0. The topological polar surface area (TPSA) is 87.7 Å². The second-order valence-corrected chi connectivity index (χ2v) is 12.5. The van der Waals surface area contributed by atoms with Gasteiger partial charge in [0.25, 0.3) is 0 Å². The molecule has 1 aliphatic carbocycles. The number of carbonyl (C=O) groups is 3. The Balaban J connectivity index is 2.50. The van der Waals surface area contributed by atoms with Crippen LogP contribution in [0.3, 0.4) is 0 Å². The predicted octanol–water partition coefficient (Wildman–Crippen LogP) is 7.17. The van der Waals surface area contributed by atoms with E-state index in [1.165, 1.54) is 6.42 Å². The first-order valence-corrected chi connectivity index (χ1v) is 15.3. The van der Waals surface area contributed by atoms with E-state index >= 15 is 0 Å². The highest BCUT2D eigenvalue weighted by Gasteiger charge is 2.37. The van der Waals surface area contributed by atoms with Gasteiger partial charge < -0.3 is 20.3 Å². The highest BCUT2D eigenvalue weighted by atomic mass is 16.6. The molecule has 7 heteroatoms. The predicted molar refractivity (Wildman–Crippen MR) is 163 cm³/mol. The van der Waals surface area contributed by atoms with Crippen LogP contribution in [0.2, 0.25) is 0 Å². The zero-order valence-electron chi connectivity index (χ0n) is 25.8. The number of alkyl carbamates (subject to hydrolysis) is 1. The Kier molecular flexibility index (Phi) is 13.7. The van der Waals surface area contributed by atoms with Crippen molar-refractivity contribution in [1.82, 2.24) is 15.5 Å². The molecule has 0 bridgehead atoms. The molecule has 0 radical (unpaired) electrons. The first-order chi connectivity index (χ1) is 18.9. The summed E-state index contributed by atoms with van der Waals surface area (Å²) in [6, 6.07) is 6.16. The summed E-state index contributed by atoms with van der Waals surface area (Å²) in [4.78, 5) is 42.9. The summed E-state index contributed by atoms with van der Waals surface area (Å²) in [6.45, 7) is 15.9. The van der Waals surface area contributed by atoms with E-state index in [1.807, 2.05) is 38.1 Å². The van der Waals surface area contributed by atoms with Crippen LogP contribution in [-0.4, -0.2) is 47.0 Å². The molecule has 1 aliphatic rings. The van der Waals surface area contributed by atoms with E-state index in [0.29, 0.717) is 13.0 Å². The van der Waals surface area contributed by atoms with E-state index < -0.39 is 23.8 Å². The van der Waals surface area contributed by atoms with Crippen LogP contribution >= 0.6 is 0 Å². The van der Waals surface area contributed by atoms with Crippen molar-refractivity contribution in [2.45, 2.75) is 129 Å². The minimum Gasteiger partial charge on any atom is -0.444 e. The first-order valence-electron chi connectivity index (χ1n) is 15.3. The Labute approximate surface area is 242 Å². The lowest BCUT2D eigenvalue weighted by molar-refractivity contribution is -0.143. The van der Waals surface area contributed by atoms with Crippen LogP contribution in [0.25, 0.3) is 6.08 Å². The number of nitrogens with one attached hydrogen (secondary N) is 2. The summed E-state index contributed by atoms with van der Waals surface area (Å²) in [5.74, 6) is -0.286. The maximum absolute atomic E-state index is 14.4. The molecule has 3 amide bonds. The number of hydrogen-bond donors (Lipinski definition) is 2. The molecule has 40 heavy (non-hydrogen) atoms. The third-order valence-corrected chi connectivity index (χ3v) is 7.21. The Hall–Kier alpha value is -2.83. The van der Waals surface area contributed by atoms with Gasteiger partial charge in [-0.1, -0.05) is 90.2 Å². The van der Waals surface area contributed by atoms with E-state index in [4.69, 9.17) is 4.74 Å². The Morgan fingerprint density at radius 3 is 2.40 bits per heavy atom. The van der Waals surface area contributed by atoms with Crippen molar-refractivity contribution in [1.29, 1.82) is 0 Å². The molecule has 1 aromatic rings. The highest BCUT2D eigenvalue weighted by molar-refractivity contribution is 5.92. The number of hydrogen-bond acceptors (Lipinski definition) is 4. The van der Waals surface area contributed by atoms with Crippen molar-refractivity contribution in [2.24, 2.45) is 5.92 Å². The number of benzene rings is 1. The summed E-state index contributed by atoms with van der Waals surface area (Å²) in [6.07, 6.45) is 10.7. The van der Waals surface area contributed by atoms with Crippen molar-refractivity contribution in [2.75, 3.05) is 6.54 Å². The van der Waals surface area contributed by atoms with Crippen molar-refractivity contribution >= 4 is 24.0 Å². The number of nitrogens with zero attached hydrogens (tertiary/aromatic N) is 1. The fraction of sp³-hybridized carbons (Fsp3) is 0.667. The molecule has 0 aromatic heterocycles. The van der Waals surface area contributed by atoms with Gasteiger partial charge in [-0.2, -0.15) is 0 Å². The number of unbranched alkanes of at least 4 members (excludes halogenated alkanes) is 3. The normalized spacial score (nSPS) is 15.7. The molecule has 0 aliphatic heterocycles. The third-order valence-electron chi connectivity index (χ3n) is 7.21. The lowest BCUT2D eigenvalue weighted by atomic mass is 9.94. The number of amides is 3. The monoisotopic (exact) mass is 555 g/mol. The molecule has 2 unspecified atom stereocenters. The second kappa shape index (κ2) is 16.4. The van der Waals surface area contributed by atoms with Crippen molar-refractivity contribution in [3.8, 4) is 0 Å². The van der Waals surface area contributed by atoms with Crippen LogP contribution in [0.4, 0.5) is 4.79 Å². The van der Waals surface area contributed by atoms with Gasteiger partial charge in [0.05, 0.1) is 0 Å². The minimum absolute atomic E-state index is 0.106. The van der Waals surface area contributed by atoms with Crippen molar-refractivity contribution in [3.05, 3.63) is 42.0 Å². The van der Waals surface area contributed by atoms with Crippen LogP contribution in [0.1, 0.15) is 123 Å². The SMILES string of the molecule is C=Cc1cccc(C(C(=O)NC2CCCCC2)N(CCCCCC)C(=O)C(CC(C)C)NC(=O)OC(C)(C)C)c1. The summed E-state index contributed by atoms with van der Waals surface area (Å²) in [5, 5.41) is 6.11. The lowest BCUT2D eigenvalue weighted by Gasteiger charge is -2.36. The van der Waals surface area contributed by atoms with Gasteiger partial charge in [-0.3, -0.25) is 9.59 Å². The average Bonchev–Trinajstić information content (AvgIpc) is 2.89. The molecule has 1 aromatic carbocycles. The van der Waals surface area contributed by atoms with Crippen LogP contribution in [0.15, 0.2) is 30.8 Å². The fourth-order valence-electron chi connectivity index (χ4n) is 5.27. The van der Waals surface area contributed by atoms with Gasteiger partial charge in [0, 0.05) is 12.6 Å². The molecule has 0 spiro atoms. The standard InChI is InChI=1S/C33H53N3O4/c1-8-10-11-15-21-36(31(38)28(22-24(3)4)35-32(39)40-33(5,6)7)29(26-18-16-17-25(9-2)23-26)30(37)34-27-19-13-12-14-20-27/h9,16-18,23-24,27-29H,2,8,10-15,19-22H2,1,3-7H3,(H,34,37)(H,35,39). The second-order valence-electron chi connectivity index (χ2n) is 12.5. The van der Waals surface area contributed by atoms with Crippen LogP contribution in [0.5, 0.6) is 0 Å². The van der Waals surface area contributed by atoms with Gasteiger partial charge in [-0.05, 0) is 69.6 Å². The highest BCUT2D eigenvalue weighted by Crippen LogP contribution is 2.27. The van der Waals surface area contributed by atoms with E-state index in [-0.39, 0.29) is 23.8 Å². The van der Waals surface area contributed by atoms with Crippen LogP contribution < -0.4 is 10.6 Å². The summed E-state index contributed by atoms with van der Waals surface area (Å²) in [7, 11) is 0. The Morgan fingerprint density at radius 2 is 1.80 bits per heavy atom. The average molecular weight is 556 g/mol. The van der Waals surface area contributed by atoms with E-state index in [9.17, 15) is 14.4 Å². The molecular formula is C33H53N3O4. The van der Waals surface area contributed by atoms with Gasteiger partial charge in [0.1, 0.15) is 17.7 Å². The van der Waals surface area contributed by atoms with Gasteiger partial charge in [0.15, 0.2) is 0 Å². The van der Waals surface area contributed by atoms with E-state index in [2.05, 4.69) is 24.1 Å². The Morgan fingerprint density at radius 1 is 1.10 bits per heavy atom. The summed E-state index contributed by atoms with van der Waals surface area (Å²) in [5.41, 5.74) is 0.940. The molecule has 224 valence electrons. The van der Waals surface area contributed by atoms with E-state index in [0.717, 1.165) is 62.5 Å². The molecule has 0 heterocycles. The Bertz CT molecular complexity index is 963. The molecule has 0 saturated heterocycles. The molecule has 2 N–H and O–H groups in total. The molecule has 1 saturated carbocycles. The maximum atomic E-state index is 14.4. The lowest BCUT2D eigenvalue weighted by Crippen LogP contribution is -2.54. The van der Waals surface area contributed by atoms with Crippen LogP contribution in [-0.2, 0) is 14.3 Å². The maximum Gasteiger partial charge on any atom is 0.408 e. The number of carbonyl (C=O) groups excluding carboxylic acids is 3. The largest absolute Gasteiger partial charge is 0.444 e. The zero-order chi connectivity index (χ0) is 29.7.